The van der Waals surface area contributed by atoms with Crippen molar-refractivity contribution in [2.45, 2.75) is 44.7 Å². The van der Waals surface area contributed by atoms with Crippen molar-refractivity contribution in [3.05, 3.63) is 34.9 Å². The van der Waals surface area contributed by atoms with E-state index in [9.17, 15) is 4.79 Å². The minimum absolute atomic E-state index is 0.00151. The van der Waals surface area contributed by atoms with E-state index in [2.05, 4.69) is 10.6 Å². The fourth-order valence-corrected chi connectivity index (χ4v) is 2.75. The highest BCUT2D eigenvalue weighted by Gasteiger charge is 2.39. The molecule has 1 aromatic carbocycles. The number of hydrogen-bond acceptors (Lipinski definition) is 2. The largest absolute Gasteiger partial charge is 0.396 e. The smallest absolute Gasteiger partial charge is 0.315 e. The quantitative estimate of drug-likeness (QED) is 0.756. The van der Waals surface area contributed by atoms with Crippen LogP contribution >= 0.6 is 11.6 Å². The van der Waals surface area contributed by atoms with Crippen LogP contribution in [0.25, 0.3) is 0 Å². The Morgan fingerprint density at radius 1 is 1.48 bits per heavy atom. The van der Waals surface area contributed by atoms with Crippen molar-refractivity contribution >= 4 is 17.6 Å². The highest BCUT2D eigenvalue weighted by molar-refractivity contribution is 6.30. The van der Waals surface area contributed by atoms with Gasteiger partial charge in [0.05, 0.1) is 0 Å². The number of nitrogens with one attached hydrogen (secondary N) is 2. The molecule has 3 atom stereocenters. The number of aliphatic hydroxyl groups excluding tert-OH is 1. The van der Waals surface area contributed by atoms with E-state index in [0.29, 0.717) is 18.3 Å². The van der Waals surface area contributed by atoms with E-state index in [-0.39, 0.29) is 24.7 Å². The molecule has 0 spiro atoms. The van der Waals surface area contributed by atoms with Crippen LogP contribution in [0.4, 0.5) is 4.79 Å². The summed E-state index contributed by atoms with van der Waals surface area (Å²) in [6.07, 6.45) is 1.52. The van der Waals surface area contributed by atoms with Gasteiger partial charge in [-0.2, -0.15) is 0 Å². The Labute approximate surface area is 130 Å². The van der Waals surface area contributed by atoms with Crippen LogP contribution in [-0.4, -0.2) is 29.8 Å². The van der Waals surface area contributed by atoms with Crippen LogP contribution in [0.2, 0.25) is 5.02 Å². The number of amides is 2. The normalized spacial score (nSPS) is 22.0. The van der Waals surface area contributed by atoms with Gasteiger partial charge in [0, 0.05) is 29.6 Å². The lowest BCUT2D eigenvalue weighted by Crippen LogP contribution is -2.45. The van der Waals surface area contributed by atoms with Gasteiger partial charge in [0.1, 0.15) is 0 Å². The molecule has 0 bridgehead atoms. The average molecular weight is 311 g/mol. The van der Waals surface area contributed by atoms with Gasteiger partial charge in [-0.3, -0.25) is 0 Å². The molecule has 1 aliphatic carbocycles. The molecule has 1 saturated carbocycles. The first-order valence-corrected chi connectivity index (χ1v) is 7.82. The van der Waals surface area contributed by atoms with Gasteiger partial charge in [0.2, 0.25) is 0 Å². The first kappa shape index (κ1) is 16.1. The molecule has 1 aliphatic rings. The van der Waals surface area contributed by atoms with Crippen LogP contribution in [0, 0.1) is 5.92 Å². The van der Waals surface area contributed by atoms with Crippen molar-refractivity contribution in [2.75, 3.05) is 6.61 Å². The van der Waals surface area contributed by atoms with Crippen molar-refractivity contribution in [1.29, 1.82) is 0 Å². The Morgan fingerprint density at radius 2 is 2.24 bits per heavy atom. The summed E-state index contributed by atoms with van der Waals surface area (Å²) in [6, 6.07) is 7.79. The van der Waals surface area contributed by atoms with Gasteiger partial charge in [-0.15, -0.1) is 0 Å². The van der Waals surface area contributed by atoms with Gasteiger partial charge >= 0.3 is 6.03 Å². The topological polar surface area (TPSA) is 61.4 Å². The molecule has 1 fully saturated rings. The van der Waals surface area contributed by atoms with Crippen molar-refractivity contribution in [3.8, 4) is 0 Å². The molecule has 3 unspecified atom stereocenters. The third kappa shape index (κ3) is 4.61. The van der Waals surface area contributed by atoms with Crippen LogP contribution in [0.1, 0.15) is 38.2 Å². The van der Waals surface area contributed by atoms with E-state index in [1.165, 1.54) is 5.56 Å². The fourth-order valence-electron chi connectivity index (χ4n) is 2.55. The Morgan fingerprint density at radius 3 is 2.86 bits per heavy atom. The van der Waals surface area contributed by atoms with Gasteiger partial charge in [-0.05, 0) is 36.5 Å². The molecule has 0 heterocycles. The lowest BCUT2D eigenvalue weighted by molar-refractivity contribution is 0.218. The van der Waals surface area contributed by atoms with Crippen LogP contribution < -0.4 is 10.6 Å². The summed E-state index contributed by atoms with van der Waals surface area (Å²) < 4.78 is 0. The summed E-state index contributed by atoms with van der Waals surface area (Å²) in [4.78, 5) is 12.0. The maximum atomic E-state index is 12.0. The molecule has 116 valence electrons. The third-order valence-corrected chi connectivity index (χ3v) is 4.18. The van der Waals surface area contributed by atoms with Crippen molar-refractivity contribution in [1.82, 2.24) is 10.6 Å². The molecule has 2 amide bonds. The van der Waals surface area contributed by atoms with E-state index < -0.39 is 0 Å². The van der Waals surface area contributed by atoms with Crippen LogP contribution in [0.15, 0.2) is 24.3 Å². The van der Waals surface area contributed by atoms with E-state index in [1.54, 1.807) is 0 Å². The highest BCUT2D eigenvalue weighted by atomic mass is 35.5. The van der Waals surface area contributed by atoms with E-state index in [4.69, 9.17) is 16.7 Å². The van der Waals surface area contributed by atoms with Gasteiger partial charge < -0.3 is 15.7 Å². The van der Waals surface area contributed by atoms with Gasteiger partial charge in [0.25, 0.3) is 0 Å². The van der Waals surface area contributed by atoms with Crippen LogP contribution in [-0.2, 0) is 0 Å². The van der Waals surface area contributed by atoms with Gasteiger partial charge in [0.15, 0.2) is 0 Å². The fraction of sp³-hybridized carbons (Fsp3) is 0.562. The predicted octanol–water partition coefficient (Wildman–Crippen LogP) is 2.90. The Balaban J connectivity index is 1.82. The molecular weight excluding hydrogens is 288 g/mol. The zero-order chi connectivity index (χ0) is 15.4. The second-order valence-corrected chi connectivity index (χ2v) is 6.42. The first-order chi connectivity index (χ1) is 10.0. The first-order valence-electron chi connectivity index (χ1n) is 7.44. The number of carbonyl (C=O) groups is 1. The summed E-state index contributed by atoms with van der Waals surface area (Å²) >= 11 is 5.99. The molecular formula is C16H23ClN2O2. The lowest BCUT2D eigenvalue weighted by atomic mass is 10.0. The zero-order valence-corrected chi connectivity index (χ0v) is 13.2. The second kappa shape index (κ2) is 7.14. The van der Waals surface area contributed by atoms with Gasteiger partial charge in [-0.25, -0.2) is 4.79 Å². The van der Waals surface area contributed by atoms with Crippen LogP contribution in [0.3, 0.4) is 0 Å². The molecule has 5 heteroatoms. The van der Waals surface area contributed by atoms with Gasteiger partial charge in [-0.1, -0.05) is 37.6 Å². The molecule has 0 saturated heterocycles. The molecule has 0 aliphatic heterocycles. The average Bonchev–Trinajstić information content (AvgIpc) is 3.17. The lowest BCUT2D eigenvalue weighted by Gasteiger charge is -2.21. The Kier molecular flexibility index (Phi) is 5.48. The van der Waals surface area contributed by atoms with Crippen molar-refractivity contribution in [2.24, 2.45) is 5.92 Å². The van der Waals surface area contributed by atoms with E-state index >= 15 is 0 Å². The Hall–Kier alpha value is -1.26. The maximum Gasteiger partial charge on any atom is 0.315 e. The monoisotopic (exact) mass is 310 g/mol. The number of halogens is 1. The van der Waals surface area contributed by atoms with Crippen molar-refractivity contribution in [3.63, 3.8) is 0 Å². The minimum atomic E-state index is -0.156. The summed E-state index contributed by atoms with van der Waals surface area (Å²) in [5, 5.41) is 15.7. The number of aliphatic hydroxyl groups is 1. The number of hydrogen-bond donors (Lipinski definition) is 3. The molecule has 4 nitrogen and oxygen atoms in total. The number of benzene rings is 1. The second-order valence-electron chi connectivity index (χ2n) is 5.98. The number of urea groups is 1. The minimum Gasteiger partial charge on any atom is -0.396 e. The molecule has 21 heavy (non-hydrogen) atoms. The summed E-state index contributed by atoms with van der Waals surface area (Å²) in [5.74, 6) is 0.649. The maximum absolute atomic E-state index is 12.0. The standard InChI is InChI=1S/C16H23ClN2O2/c1-10(2)14(6-7-20)18-16(21)19-15-9-13(15)11-4-3-5-12(17)8-11/h3-5,8,10,13-15,20H,6-7,9H2,1-2H3,(H2,18,19,21). The number of carbonyl (C=O) groups excluding carboxylic acids is 1. The Bertz CT molecular complexity index is 493. The van der Waals surface area contributed by atoms with Crippen LogP contribution in [0.5, 0.6) is 0 Å². The van der Waals surface area contributed by atoms with E-state index in [1.807, 2.05) is 38.1 Å². The molecule has 0 aromatic heterocycles. The zero-order valence-electron chi connectivity index (χ0n) is 12.5. The molecule has 1 aromatic rings. The van der Waals surface area contributed by atoms with Crippen molar-refractivity contribution < 1.29 is 9.90 Å². The third-order valence-electron chi connectivity index (χ3n) is 3.95. The highest BCUT2D eigenvalue weighted by Crippen LogP contribution is 2.41. The number of rotatable bonds is 6. The predicted molar refractivity (Wildman–Crippen MR) is 84.6 cm³/mol. The molecule has 2 rings (SSSR count). The summed E-state index contributed by atoms with van der Waals surface area (Å²) in [7, 11) is 0. The summed E-state index contributed by atoms with van der Waals surface area (Å²) in [5.41, 5.74) is 1.17. The molecule has 0 radical (unpaired) electrons. The summed E-state index contributed by atoms with van der Waals surface area (Å²) in [6.45, 7) is 4.15. The van der Waals surface area contributed by atoms with E-state index in [0.717, 1.165) is 11.4 Å². The SMILES string of the molecule is CC(C)C(CCO)NC(=O)NC1CC1c1cccc(Cl)c1. The molecule has 3 N–H and O–H groups in total.